The van der Waals surface area contributed by atoms with E-state index in [1.54, 1.807) is 0 Å². The number of hydrogen-bond acceptors (Lipinski definition) is 3. The van der Waals surface area contributed by atoms with Crippen LogP contribution in [0.15, 0.2) is 30.3 Å². The molecule has 122 valence electrons. The molecule has 0 aliphatic carbocycles. The molecular weight excluding hydrogens is 278 g/mol. The molecule has 5 nitrogen and oxygen atoms in total. The summed E-state index contributed by atoms with van der Waals surface area (Å²) in [5.41, 5.74) is 1.14. The summed E-state index contributed by atoms with van der Waals surface area (Å²) in [6, 6.07) is 10.3. The van der Waals surface area contributed by atoms with Crippen molar-refractivity contribution in [3.63, 3.8) is 0 Å². The smallest absolute Gasteiger partial charge is 0.317 e. The summed E-state index contributed by atoms with van der Waals surface area (Å²) in [6.07, 6.45) is 1.98. The zero-order chi connectivity index (χ0) is 15.9. The van der Waals surface area contributed by atoms with Gasteiger partial charge < -0.3 is 20.2 Å². The molecule has 5 heteroatoms. The molecule has 0 radical (unpaired) electrons. The maximum Gasteiger partial charge on any atom is 0.317 e. The summed E-state index contributed by atoms with van der Waals surface area (Å²) in [6.45, 7) is 4.30. The number of urea groups is 1. The Morgan fingerprint density at radius 2 is 2.18 bits per heavy atom. The fraction of sp³-hybridized carbons (Fsp3) is 0.588. The highest BCUT2D eigenvalue weighted by Gasteiger charge is 2.23. The molecule has 1 saturated heterocycles. The van der Waals surface area contributed by atoms with Crippen LogP contribution in [0, 0.1) is 5.92 Å². The third-order valence-electron chi connectivity index (χ3n) is 4.44. The van der Waals surface area contributed by atoms with Gasteiger partial charge in [-0.3, -0.25) is 0 Å². The summed E-state index contributed by atoms with van der Waals surface area (Å²) in [5.74, 6) is 0.226. The second-order valence-electron chi connectivity index (χ2n) is 6.12. The number of hydrogen-bond donors (Lipinski definition) is 2. The van der Waals surface area contributed by atoms with Gasteiger partial charge >= 0.3 is 6.03 Å². The highest BCUT2D eigenvalue weighted by atomic mass is 16.3. The van der Waals surface area contributed by atoms with E-state index >= 15 is 0 Å². The topological polar surface area (TPSA) is 55.8 Å². The van der Waals surface area contributed by atoms with Gasteiger partial charge in [0.2, 0.25) is 0 Å². The number of nitrogens with zero attached hydrogens (tertiary/aromatic N) is 2. The lowest BCUT2D eigenvalue weighted by molar-refractivity contribution is 0.129. The van der Waals surface area contributed by atoms with Gasteiger partial charge in [-0.1, -0.05) is 18.2 Å². The second kappa shape index (κ2) is 8.03. The van der Waals surface area contributed by atoms with Gasteiger partial charge in [0.25, 0.3) is 0 Å². The fourth-order valence-electron chi connectivity index (χ4n) is 2.80. The molecule has 0 saturated carbocycles. The average molecular weight is 305 g/mol. The monoisotopic (exact) mass is 305 g/mol. The van der Waals surface area contributed by atoms with Crippen LogP contribution in [0.1, 0.15) is 19.8 Å². The lowest BCUT2D eigenvalue weighted by Gasteiger charge is -2.33. The SMILES string of the molecule is C[C@H](CNC(=O)N1CCC[C@H](CO)C1)N(C)c1ccccc1. The Hall–Kier alpha value is -1.75. The molecule has 0 bridgehead atoms. The summed E-state index contributed by atoms with van der Waals surface area (Å²) in [5, 5.41) is 12.3. The minimum Gasteiger partial charge on any atom is -0.396 e. The molecule has 2 amide bonds. The van der Waals surface area contributed by atoms with Crippen molar-refractivity contribution < 1.29 is 9.90 Å². The number of rotatable bonds is 5. The van der Waals surface area contributed by atoms with E-state index in [1.165, 1.54) is 0 Å². The first-order valence-corrected chi connectivity index (χ1v) is 8.03. The van der Waals surface area contributed by atoms with Crippen LogP contribution in [0.3, 0.4) is 0 Å². The number of anilines is 1. The van der Waals surface area contributed by atoms with Gasteiger partial charge in [0.1, 0.15) is 0 Å². The first kappa shape index (κ1) is 16.6. The van der Waals surface area contributed by atoms with Crippen LogP contribution in [0.5, 0.6) is 0 Å². The number of amides is 2. The molecule has 1 aromatic carbocycles. The Kier molecular flexibility index (Phi) is 6.07. The number of aliphatic hydroxyl groups is 1. The molecule has 2 atom stereocenters. The number of nitrogens with one attached hydrogen (secondary N) is 1. The Bertz CT molecular complexity index is 466. The maximum atomic E-state index is 12.2. The Labute approximate surface area is 132 Å². The van der Waals surface area contributed by atoms with Crippen LogP contribution in [0.25, 0.3) is 0 Å². The van der Waals surface area contributed by atoms with Crippen molar-refractivity contribution in [1.29, 1.82) is 0 Å². The number of carbonyl (C=O) groups is 1. The number of likely N-dealkylation sites (N-methyl/N-ethyl adjacent to an activating group) is 1. The van der Waals surface area contributed by atoms with E-state index in [4.69, 9.17) is 0 Å². The Morgan fingerprint density at radius 3 is 2.86 bits per heavy atom. The number of aliphatic hydroxyl groups excluding tert-OH is 1. The molecule has 0 spiro atoms. The summed E-state index contributed by atoms with van der Waals surface area (Å²) in [4.78, 5) is 16.2. The Morgan fingerprint density at radius 1 is 1.45 bits per heavy atom. The lowest BCUT2D eigenvalue weighted by Crippen LogP contribution is -2.49. The number of carbonyl (C=O) groups excluding carboxylic acids is 1. The van der Waals surface area contributed by atoms with E-state index in [0.717, 1.165) is 25.1 Å². The lowest BCUT2D eigenvalue weighted by atomic mass is 9.99. The molecule has 22 heavy (non-hydrogen) atoms. The number of likely N-dealkylation sites (tertiary alicyclic amines) is 1. The molecular formula is C17H27N3O2. The third-order valence-corrected chi connectivity index (χ3v) is 4.44. The quantitative estimate of drug-likeness (QED) is 0.874. The number of piperidine rings is 1. The molecule has 0 aromatic heterocycles. The Balaban J connectivity index is 1.80. The molecule has 1 aliphatic rings. The van der Waals surface area contributed by atoms with Crippen LogP contribution >= 0.6 is 0 Å². The maximum absolute atomic E-state index is 12.2. The predicted octanol–water partition coefficient (Wildman–Crippen LogP) is 1.93. The van der Waals surface area contributed by atoms with Crippen molar-refractivity contribution >= 4 is 11.7 Å². The van der Waals surface area contributed by atoms with Crippen molar-refractivity contribution in [3.8, 4) is 0 Å². The van der Waals surface area contributed by atoms with Crippen LogP contribution < -0.4 is 10.2 Å². The average Bonchev–Trinajstić information content (AvgIpc) is 2.59. The number of para-hydroxylation sites is 1. The van der Waals surface area contributed by atoms with Crippen molar-refractivity contribution in [2.45, 2.75) is 25.8 Å². The minimum atomic E-state index is -0.0218. The van der Waals surface area contributed by atoms with Gasteiger partial charge in [-0.15, -0.1) is 0 Å². The van der Waals surface area contributed by atoms with Gasteiger partial charge in [0.15, 0.2) is 0 Å². The molecule has 1 aromatic rings. The standard InChI is InChI=1S/C17H27N3O2/c1-14(19(2)16-8-4-3-5-9-16)11-18-17(22)20-10-6-7-15(12-20)13-21/h3-5,8-9,14-15,21H,6-7,10-13H2,1-2H3,(H,18,22)/t14-,15+/m1/s1. The van der Waals surface area contributed by atoms with Crippen LogP contribution in [-0.4, -0.2) is 55.4 Å². The van der Waals surface area contributed by atoms with E-state index < -0.39 is 0 Å². The third kappa shape index (κ3) is 4.37. The summed E-state index contributed by atoms with van der Waals surface area (Å²) in [7, 11) is 2.04. The number of benzene rings is 1. The van der Waals surface area contributed by atoms with E-state index in [2.05, 4.69) is 29.3 Å². The highest BCUT2D eigenvalue weighted by molar-refractivity contribution is 5.74. The zero-order valence-electron chi connectivity index (χ0n) is 13.5. The van der Waals surface area contributed by atoms with E-state index in [9.17, 15) is 9.90 Å². The highest BCUT2D eigenvalue weighted by Crippen LogP contribution is 2.16. The molecule has 2 N–H and O–H groups in total. The first-order valence-electron chi connectivity index (χ1n) is 8.03. The predicted molar refractivity (Wildman–Crippen MR) is 89.1 cm³/mol. The van der Waals surface area contributed by atoms with Gasteiger partial charge in [-0.2, -0.15) is 0 Å². The second-order valence-corrected chi connectivity index (χ2v) is 6.12. The zero-order valence-corrected chi connectivity index (χ0v) is 13.5. The normalized spacial score (nSPS) is 19.6. The molecule has 0 unspecified atom stereocenters. The van der Waals surface area contributed by atoms with E-state index in [0.29, 0.717) is 13.1 Å². The largest absolute Gasteiger partial charge is 0.396 e. The molecule has 2 rings (SSSR count). The van der Waals surface area contributed by atoms with Gasteiger partial charge in [-0.05, 0) is 37.8 Å². The molecule has 1 fully saturated rings. The van der Waals surface area contributed by atoms with E-state index in [-0.39, 0.29) is 24.6 Å². The van der Waals surface area contributed by atoms with Gasteiger partial charge in [0, 0.05) is 45.0 Å². The first-order chi connectivity index (χ1) is 10.6. The van der Waals surface area contributed by atoms with Gasteiger partial charge in [-0.25, -0.2) is 4.79 Å². The summed E-state index contributed by atoms with van der Waals surface area (Å²) < 4.78 is 0. The molecule has 1 heterocycles. The fourth-order valence-corrected chi connectivity index (χ4v) is 2.80. The van der Waals surface area contributed by atoms with Crippen molar-refractivity contribution in [2.24, 2.45) is 5.92 Å². The minimum absolute atomic E-state index is 0.0218. The van der Waals surface area contributed by atoms with Crippen molar-refractivity contribution in [3.05, 3.63) is 30.3 Å². The van der Waals surface area contributed by atoms with Crippen molar-refractivity contribution in [2.75, 3.05) is 38.2 Å². The van der Waals surface area contributed by atoms with E-state index in [1.807, 2.05) is 30.1 Å². The summed E-state index contributed by atoms with van der Waals surface area (Å²) >= 11 is 0. The van der Waals surface area contributed by atoms with Crippen molar-refractivity contribution in [1.82, 2.24) is 10.2 Å². The molecule has 1 aliphatic heterocycles. The van der Waals surface area contributed by atoms with Crippen LogP contribution in [0.2, 0.25) is 0 Å². The van der Waals surface area contributed by atoms with Crippen LogP contribution in [-0.2, 0) is 0 Å². The van der Waals surface area contributed by atoms with Gasteiger partial charge in [0.05, 0.1) is 0 Å². The van der Waals surface area contributed by atoms with Crippen LogP contribution in [0.4, 0.5) is 10.5 Å².